The zero-order valence-electron chi connectivity index (χ0n) is 47.9. The molecule has 19 heteroatoms. The summed E-state index contributed by atoms with van der Waals surface area (Å²) in [5.74, 6) is -22.4. The molecule has 0 aromatic heterocycles. The minimum atomic E-state index is -2.37. The van der Waals surface area contributed by atoms with E-state index in [1.54, 1.807) is 42.5 Å². The Morgan fingerprint density at radius 3 is 0.580 bits per heavy atom. The highest BCUT2D eigenvalue weighted by Crippen LogP contribution is 2.47. The van der Waals surface area contributed by atoms with Crippen LogP contribution >= 0.6 is 0 Å². The van der Waals surface area contributed by atoms with E-state index in [2.05, 4.69) is 0 Å². The molecule has 6 aromatic rings. The average Bonchev–Trinajstić information content (AvgIpc) is 3.56. The molecule has 0 radical (unpaired) electrons. The lowest BCUT2D eigenvalue weighted by atomic mass is 9.74. The molecule has 0 amide bonds. The van der Waals surface area contributed by atoms with Crippen LogP contribution in [0.5, 0.6) is 23.0 Å². The first kappa shape index (κ1) is 62.6. The van der Waals surface area contributed by atoms with Crippen LogP contribution in [0.2, 0.25) is 0 Å². The average molecular weight is 1120 g/mol. The maximum absolute atomic E-state index is 16.3. The van der Waals surface area contributed by atoms with E-state index >= 15 is 35.1 Å². The monoisotopic (exact) mass is 1120 g/mol. The van der Waals surface area contributed by atoms with E-state index in [-0.39, 0.29) is 48.7 Å². The van der Waals surface area contributed by atoms with Crippen molar-refractivity contribution in [3.05, 3.63) is 173 Å². The van der Waals surface area contributed by atoms with Gasteiger partial charge in [0.25, 0.3) is 0 Å². The standard InChI is InChI=1S/C56H52B2F10O4.3C2H3N/c1-53(2,3)33-17-25-13-26-18-34(54(4,5)6)23-31-16-32-24-36(56(10,11)12)20-28-14-27-19-35(55(7,8)9)22-30(51(27)71-58(72-52(28)32)38-41(61)45(65)48(68)46(66)42(38)62)15-29(21-33)49(25)69-57(70-50(26)31)37-39(59)43(63)47(67)44(64)40(37)60;3*1-2-3/h17-24H,13-16H2,1-12H3;3*1H3. The molecule has 0 saturated carbocycles. The predicted octanol–water partition coefficient (Wildman–Crippen LogP) is 14.9. The number of rotatable bonds is 2. The Bertz CT molecular complexity index is 3150. The van der Waals surface area contributed by atoms with Gasteiger partial charge in [0.2, 0.25) is 0 Å². The van der Waals surface area contributed by atoms with Crippen LogP contribution in [0.3, 0.4) is 0 Å². The van der Waals surface area contributed by atoms with E-state index in [4.69, 9.17) is 34.4 Å². The Balaban J connectivity index is 0.00000110. The van der Waals surface area contributed by atoms with Crippen LogP contribution in [0.4, 0.5) is 43.9 Å². The molecule has 1 aliphatic carbocycles. The summed E-state index contributed by atoms with van der Waals surface area (Å²) < 4.78 is 183. The molecule has 0 fully saturated rings. The molecule has 0 unspecified atom stereocenters. The molecular weight excluding hydrogens is 1060 g/mol. The third-order valence-corrected chi connectivity index (χ3v) is 13.8. The van der Waals surface area contributed by atoms with Gasteiger partial charge in [-0.05, 0) is 88.4 Å². The van der Waals surface area contributed by atoms with Gasteiger partial charge in [-0.3, -0.25) is 0 Å². The molecule has 6 aromatic carbocycles. The molecule has 7 nitrogen and oxygen atoms in total. The van der Waals surface area contributed by atoms with Gasteiger partial charge < -0.3 is 18.6 Å². The van der Waals surface area contributed by atoms with E-state index < -0.39 is 105 Å². The van der Waals surface area contributed by atoms with Crippen molar-refractivity contribution in [1.82, 2.24) is 0 Å². The molecule has 0 saturated heterocycles. The minimum absolute atomic E-state index is 0.0342. The summed E-state index contributed by atoms with van der Waals surface area (Å²) in [6, 6.07) is 19.8. The van der Waals surface area contributed by atoms with Crippen molar-refractivity contribution in [2.75, 3.05) is 0 Å². The number of nitrogens with zero attached hydrogens (tertiary/aromatic N) is 3. The van der Waals surface area contributed by atoms with Crippen molar-refractivity contribution in [3.8, 4) is 41.2 Å². The van der Waals surface area contributed by atoms with Gasteiger partial charge in [-0.1, -0.05) is 132 Å². The molecule has 424 valence electrons. The summed E-state index contributed by atoms with van der Waals surface area (Å²) in [5.41, 5.74) is 0.968. The second-order valence-electron chi connectivity index (χ2n) is 24.0. The SMILES string of the molecule is CC#N.CC#N.CC#N.CC(C)(C)c1cc2c3c(c1)Cc1cc(C(C)(C)C)cc4c1OB(c1c(F)c(F)c(F)c(F)c1F)Oc1c(cc(C(C)(C)C)cc1Cc1cc(C(C)(C)C)cc(c1OB(c1c(F)c(F)c(F)c(F)c1F)O3)C2)C4. The predicted molar refractivity (Wildman–Crippen MR) is 291 cm³/mol. The second kappa shape index (κ2) is 23.5. The Kier molecular flexibility index (Phi) is 18.2. The molecule has 0 atom stereocenters. The summed E-state index contributed by atoms with van der Waals surface area (Å²) in [6.45, 7) is 27.8. The van der Waals surface area contributed by atoms with Crippen LogP contribution in [0.15, 0.2) is 48.5 Å². The van der Waals surface area contributed by atoms with Gasteiger partial charge in [-0.15, -0.1) is 0 Å². The maximum atomic E-state index is 16.3. The van der Waals surface area contributed by atoms with Gasteiger partial charge in [-0.25, -0.2) is 43.9 Å². The van der Waals surface area contributed by atoms with Crippen molar-refractivity contribution in [1.29, 1.82) is 15.8 Å². The van der Waals surface area contributed by atoms with Crippen molar-refractivity contribution in [2.24, 2.45) is 0 Å². The Hall–Kier alpha value is -7.58. The summed E-state index contributed by atoms with van der Waals surface area (Å²) in [6.07, 6.45) is -0.241. The maximum Gasteiger partial charge on any atom is 0.639 e. The number of benzene rings is 6. The van der Waals surface area contributed by atoms with Gasteiger partial charge in [0, 0.05) is 46.5 Å². The Labute approximate surface area is 467 Å². The van der Waals surface area contributed by atoms with Crippen molar-refractivity contribution < 1.29 is 62.5 Å². The summed E-state index contributed by atoms with van der Waals surface area (Å²) in [5, 5.41) is 22.0. The van der Waals surface area contributed by atoms with E-state index in [9.17, 15) is 8.78 Å². The number of halogens is 10. The summed E-state index contributed by atoms with van der Waals surface area (Å²) in [4.78, 5) is 0. The first-order chi connectivity index (χ1) is 37.6. The van der Waals surface area contributed by atoms with Crippen LogP contribution < -0.4 is 29.5 Å². The smallest absolute Gasteiger partial charge is 0.521 e. The normalized spacial score (nSPS) is 13.4. The minimum Gasteiger partial charge on any atom is -0.521 e. The van der Waals surface area contributed by atoms with Crippen molar-refractivity contribution >= 4 is 25.2 Å². The molecular formula is C62H61B2F10N3O4. The first-order valence-corrected chi connectivity index (χ1v) is 25.8. The molecule has 5 aliphatic rings. The lowest BCUT2D eigenvalue weighted by Crippen LogP contribution is -2.49. The fourth-order valence-corrected chi connectivity index (χ4v) is 9.60. The fourth-order valence-electron chi connectivity index (χ4n) is 9.60. The zero-order chi connectivity index (χ0) is 60.8. The highest BCUT2D eigenvalue weighted by atomic mass is 19.2. The van der Waals surface area contributed by atoms with Crippen LogP contribution in [0, 0.1) is 92.2 Å². The summed E-state index contributed by atoms with van der Waals surface area (Å²) >= 11 is 0. The highest BCUT2D eigenvalue weighted by Gasteiger charge is 2.45. The van der Waals surface area contributed by atoms with E-state index in [1.807, 2.05) is 107 Å². The van der Waals surface area contributed by atoms with Crippen LogP contribution in [0.1, 0.15) is 171 Å². The largest absolute Gasteiger partial charge is 0.639 e. The van der Waals surface area contributed by atoms with Gasteiger partial charge >= 0.3 is 14.2 Å². The highest BCUT2D eigenvalue weighted by molar-refractivity contribution is 6.63. The molecule has 4 aliphatic heterocycles. The van der Waals surface area contributed by atoms with E-state index in [0.717, 1.165) is 22.3 Å². The van der Waals surface area contributed by atoms with Crippen LogP contribution in [0.25, 0.3) is 0 Å². The molecule has 0 N–H and O–H groups in total. The number of hydrogen-bond acceptors (Lipinski definition) is 7. The molecule has 11 rings (SSSR count). The van der Waals surface area contributed by atoms with Gasteiger partial charge in [0.1, 0.15) is 23.0 Å². The molecule has 81 heavy (non-hydrogen) atoms. The fraction of sp³-hybridized carbons (Fsp3) is 0.371. The van der Waals surface area contributed by atoms with E-state index in [1.165, 1.54) is 20.8 Å². The van der Waals surface area contributed by atoms with Crippen LogP contribution in [-0.4, -0.2) is 14.2 Å². The topological polar surface area (TPSA) is 108 Å². The zero-order valence-corrected chi connectivity index (χ0v) is 47.9. The quantitative estimate of drug-likeness (QED) is 0.0734. The third-order valence-electron chi connectivity index (χ3n) is 13.8. The third kappa shape index (κ3) is 12.7. The number of hydrogen-bond donors (Lipinski definition) is 0. The van der Waals surface area contributed by atoms with Crippen molar-refractivity contribution in [2.45, 2.75) is 151 Å². The van der Waals surface area contributed by atoms with E-state index in [0.29, 0.717) is 44.5 Å². The van der Waals surface area contributed by atoms with Gasteiger partial charge in [-0.2, -0.15) is 15.8 Å². The summed E-state index contributed by atoms with van der Waals surface area (Å²) in [7, 11) is -4.60. The second-order valence-corrected chi connectivity index (χ2v) is 24.0. The Morgan fingerprint density at radius 1 is 0.309 bits per heavy atom. The van der Waals surface area contributed by atoms with Gasteiger partial charge in [0.15, 0.2) is 58.2 Å². The lowest BCUT2D eigenvalue weighted by molar-refractivity contribution is 0.373. The molecule has 12 bridgehead atoms. The first-order valence-electron chi connectivity index (χ1n) is 25.8. The van der Waals surface area contributed by atoms with Gasteiger partial charge in [0.05, 0.1) is 29.1 Å². The molecule has 0 spiro atoms. The van der Waals surface area contributed by atoms with Crippen LogP contribution in [-0.2, 0) is 47.3 Å². The number of nitriles is 3. The Morgan fingerprint density at radius 2 is 0.444 bits per heavy atom. The van der Waals surface area contributed by atoms with Crippen molar-refractivity contribution in [3.63, 3.8) is 0 Å². The molecule has 4 heterocycles. The lowest BCUT2D eigenvalue weighted by Gasteiger charge is -2.33. The number of fused-ring (bicyclic) bond motifs is 4.